The minimum absolute atomic E-state index is 0.134. The molecule has 2 heterocycles. The van der Waals surface area contributed by atoms with Gasteiger partial charge in [0.25, 0.3) is 0 Å². The van der Waals surface area contributed by atoms with E-state index in [4.69, 9.17) is 25.2 Å². The second-order valence-electron chi connectivity index (χ2n) is 7.24. The van der Waals surface area contributed by atoms with Crippen LogP contribution in [0.4, 0.5) is 5.82 Å². The van der Waals surface area contributed by atoms with Gasteiger partial charge in [0.05, 0.1) is 18.1 Å². The Labute approximate surface area is 184 Å². The number of benzene rings is 3. The molecule has 3 aromatic carbocycles. The highest BCUT2D eigenvalue weighted by atomic mass is 16.5. The normalized spacial score (nSPS) is 11.0. The smallest absolute Gasteiger partial charge is 0.344 e. The number of rotatable bonds is 5. The molecule has 158 valence electrons. The first-order valence-electron chi connectivity index (χ1n) is 10.1. The number of carbonyl (C=O) groups excluding carboxylic acids is 1. The summed E-state index contributed by atoms with van der Waals surface area (Å²) in [7, 11) is 1.60. The second-order valence-corrected chi connectivity index (χ2v) is 7.24. The van der Waals surface area contributed by atoms with Crippen molar-refractivity contribution < 1.29 is 14.3 Å². The molecule has 0 aliphatic rings. The molecule has 2 N–H and O–H groups in total. The van der Waals surface area contributed by atoms with Gasteiger partial charge in [0, 0.05) is 5.69 Å². The quantitative estimate of drug-likeness (QED) is 0.417. The topological polar surface area (TPSA) is 92.3 Å². The number of ether oxygens (including phenoxy) is 2. The standard InChI is InChI=1S/C25H20N4O3/c1-31-18-13-11-17(12-14-18)29-23(26)21(25(30)32-15-16-7-3-2-4-8-16)22-24(29)28-20-10-6-5-9-19(20)27-22/h2-14H,15,26H2,1H3. The molecule has 0 aliphatic heterocycles. The van der Waals surface area contributed by atoms with Gasteiger partial charge in [0.1, 0.15) is 29.3 Å². The number of aromatic nitrogens is 3. The van der Waals surface area contributed by atoms with Gasteiger partial charge in [0.15, 0.2) is 5.65 Å². The lowest BCUT2D eigenvalue weighted by molar-refractivity contribution is 0.0476. The molecule has 5 rings (SSSR count). The predicted octanol–water partition coefficient (Wildman–Crippen LogP) is 4.52. The zero-order valence-corrected chi connectivity index (χ0v) is 17.4. The van der Waals surface area contributed by atoms with E-state index in [1.165, 1.54) is 0 Å². The fourth-order valence-electron chi connectivity index (χ4n) is 3.65. The molecule has 0 unspecified atom stereocenters. The van der Waals surface area contributed by atoms with Crippen LogP contribution in [0.5, 0.6) is 5.75 Å². The van der Waals surface area contributed by atoms with Gasteiger partial charge >= 0.3 is 5.97 Å². The van der Waals surface area contributed by atoms with E-state index in [-0.39, 0.29) is 18.0 Å². The van der Waals surface area contributed by atoms with Crippen molar-refractivity contribution in [3.8, 4) is 11.4 Å². The van der Waals surface area contributed by atoms with Crippen LogP contribution in [-0.4, -0.2) is 27.6 Å². The van der Waals surface area contributed by atoms with E-state index in [0.29, 0.717) is 27.9 Å². The van der Waals surface area contributed by atoms with Crippen LogP contribution in [0.3, 0.4) is 0 Å². The van der Waals surface area contributed by atoms with Gasteiger partial charge in [-0.05, 0) is 42.0 Å². The largest absolute Gasteiger partial charge is 0.497 e. The summed E-state index contributed by atoms with van der Waals surface area (Å²) in [6, 6.07) is 24.3. The summed E-state index contributed by atoms with van der Waals surface area (Å²) in [5, 5.41) is 0. The zero-order valence-electron chi connectivity index (χ0n) is 17.4. The summed E-state index contributed by atoms with van der Waals surface area (Å²) in [6.45, 7) is 0.134. The number of methoxy groups -OCH3 is 1. The van der Waals surface area contributed by atoms with Gasteiger partial charge in [-0.1, -0.05) is 42.5 Å². The predicted molar refractivity (Wildman–Crippen MR) is 123 cm³/mol. The number of anilines is 1. The van der Waals surface area contributed by atoms with Crippen LogP contribution in [0.1, 0.15) is 15.9 Å². The molecule has 5 aromatic rings. The van der Waals surface area contributed by atoms with Crippen LogP contribution in [-0.2, 0) is 11.3 Å². The van der Waals surface area contributed by atoms with Crippen molar-refractivity contribution in [1.82, 2.24) is 14.5 Å². The number of nitrogens with zero attached hydrogens (tertiary/aromatic N) is 3. The number of carbonyl (C=O) groups is 1. The third-order valence-corrected chi connectivity index (χ3v) is 5.25. The Morgan fingerprint density at radius 1 is 0.906 bits per heavy atom. The van der Waals surface area contributed by atoms with Gasteiger partial charge < -0.3 is 15.2 Å². The third-order valence-electron chi connectivity index (χ3n) is 5.25. The molecule has 32 heavy (non-hydrogen) atoms. The van der Waals surface area contributed by atoms with Gasteiger partial charge in [0.2, 0.25) is 0 Å². The Kier molecular flexibility index (Phi) is 4.91. The molecule has 2 aromatic heterocycles. The van der Waals surface area contributed by atoms with Crippen molar-refractivity contribution in [3.05, 3.63) is 90.0 Å². The van der Waals surface area contributed by atoms with Gasteiger partial charge in [-0.2, -0.15) is 0 Å². The maximum absolute atomic E-state index is 13.1. The van der Waals surface area contributed by atoms with E-state index >= 15 is 0 Å². The zero-order chi connectivity index (χ0) is 22.1. The van der Waals surface area contributed by atoms with Gasteiger partial charge in [-0.3, -0.25) is 4.57 Å². The van der Waals surface area contributed by atoms with Crippen molar-refractivity contribution in [2.75, 3.05) is 12.8 Å². The SMILES string of the molecule is COc1ccc(-n2c(N)c(C(=O)OCc3ccccc3)c3nc4ccccc4nc32)cc1. The van der Waals surface area contributed by atoms with E-state index in [1.807, 2.05) is 78.9 Å². The van der Waals surface area contributed by atoms with Crippen LogP contribution in [0.2, 0.25) is 0 Å². The Morgan fingerprint density at radius 3 is 2.25 bits per heavy atom. The lowest BCUT2D eigenvalue weighted by atomic mass is 10.2. The van der Waals surface area contributed by atoms with Gasteiger partial charge in [-0.25, -0.2) is 14.8 Å². The van der Waals surface area contributed by atoms with Gasteiger partial charge in [-0.15, -0.1) is 0 Å². The maximum Gasteiger partial charge on any atom is 0.344 e. The van der Waals surface area contributed by atoms with Crippen LogP contribution in [0.25, 0.3) is 27.9 Å². The number of esters is 1. The lowest BCUT2D eigenvalue weighted by Gasteiger charge is -2.09. The number of fused-ring (bicyclic) bond motifs is 2. The average Bonchev–Trinajstić information content (AvgIpc) is 3.12. The monoisotopic (exact) mass is 424 g/mol. The number of nitrogen functional groups attached to an aromatic ring is 1. The molecule has 0 bridgehead atoms. The first-order valence-corrected chi connectivity index (χ1v) is 10.1. The van der Waals surface area contributed by atoms with Crippen molar-refractivity contribution >= 4 is 34.0 Å². The molecule has 0 fully saturated rings. The van der Waals surface area contributed by atoms with E-state index < -0.39 is 5.97 Å². The molecular weight excluding hydrogens is 404 g/mol. The minimum atomic E-state index is -0.548. The van der Waals surface area contributed by atoms with Crippen molar-refractivity contribution in [1.29, 1.82) is 0 Å². The van der Waals surface area contributed by atoms with E-state index in [1.54, 1.807) is 11.7 Å². The Bertz CT molecular complexity index is 1430. The first-order chi connectivity index (χ1) is 15.7. The highest BCUT2D eigenvalue weighted by Gasteiger charge is 2.26. The summed E-state index contributed by atoms with van der Waals surface area (Å²) in [5.74, 6) is 0.384. The molecule has 0 atom stereocenters. The molecule has 0 amide bonds. The molecular formula is C25H20N4O3. The number of hydrogen-bond acceptors (Lipinski definition) is 6. The number of nitrogens with two attached hydrogens (primary N) is 1. The summed E-state index contributed by atoms with van der Waals surface area (Å²) >= 11 is 0. The van der Waals surface area contributed by atoms with Crippen molar-refractivity contribution in [2.24, 2.45) is 0 Å². The highest BCUT2D eigenvalue weighted by molar-refractivity contribution is 6.09. The third kappa shape index (κ3) is 3.39. The summed E-state index contributed by atoms with van der Waals surface area (Å²) in [6.07, 6.45) is 0. The highest BCUT2D eigenvalue weighted by Crippen LogP contribution is 2.32. The molecule has 0 radical (unpaired) electrons. The van der Waals surface area contributed by atoms with Crippen LogP contribution < -0.4 is 10.5 Å². The number of hydrogen-bond donors (Lipinski definition) is 1. The first kappa shape index (κ1) is 19.6. The van der Waals surface area contributed by atoms with Crippen LogP contribution >= 0.6 is 0 Å². The van der Waals surface area contributed by atoms with Crippen LogP contribution in [0.15, 0.2) is 78.9 Å². The average molecular weight is 424 g/mol. The Morgan fingerprint density at radius 2 is 1.56 bits per heavy atom. The van der Waals surface area contributed by atoms with E-state index in [2.05, 4.69) is 0 Å². The molecule has 0 spiro atoms. The van der Waals surface area contributed by atoms with Crippen LogP contribution in [0, 0.1) is 0 Å². The fraction of sp³-hybridized carbons (Fsp3) is 0.0800. The minimum Gasteiger partial charge on any atom is -0.497 e. The Balaban J connectivity index is 1.66. The van der Waals surface area contributed by atoms with Crippen molar-refractivity contribution in [3.63, 3.8) is 0 Å². The summed E-state index contributed by atoms with van der Waals surface area (Å²) in [5.41, 5.74) is 10.6. The summed E-state index contributed by atoms with van der Waals surface area (Å²) < 4.78 is 12.6. The number of para-hydroxylation sites is 2. The molecule has 0 saturated carbocycles. The second kappa shape index (κ2) is 8.03. The molecule has 0 saturated heterocycles. The van der Waals surface area contributed by atoms with E-state index in [9.17, 15) is 4.79 Å². The fourth-order valence-corrected chi connectivity index (χ4v) is 3.65. The van der Waals surface area contributed by atoms with E-state index in [0.717, 1.165) is 11.3 Å². The maximum atomic E-state index is 13.1. The lowest BCUT2D eigenvalue weighted by Crippen LogP contribution is -2.09. The molecule has 7 heteroatoms. The summed E-state index contributed by atoms with van der Waals surface area (Å²) in [4.78, 5) is 22.6. The molecule has 0 aliphatic carbocycles. The Hall–Kier alpha value is -4.39. The molecule has 7 nitrogen and oxygen atoms in total. The van der Waals surface area contributed by atoms with Crippen molar-refractivity contribution in [2.45, 2.75) is 6.61 Å².